The summed E-state index contributed by atoms with van der Waals surface area (Å²) in [5.41, 5.74) is 2.58. The van der Waals surface area contributed by atoms with Crippen LogP contribution in [0.25, 0.3) is 0 Å². The fraction of sp³-hybridized carbons (Fsp3) is 0.500. The average molecular weight is 247 g/mol. The Kier molecular flexibility index (Phi) is 5.93. The van der Waals surface area contributed by atoms with E-state index >= 15 is 0 Å². The Hall–Kier alpha value is -1.28. The van der Waals surface area contributed by atoms with Gasteiger partial charge in [-0.05, 0) is 43.0 Å². The summed E-state index contributed by atoms with van der Waals surface area (Å²) in [4.78, 5) is 0. The fourth-order valence-electron chi connectivity index (χ4n) is 1.84. The maximum Gasteiger partial charge on any atom is 0.120 e. The molecule has 0 aromatic heterocycles. The van der Waals surface area contributed by atoms with Gasteiger partial charge in [0.1, 0.15) is 11.9 Å². The molecule has 1 rings (SSSR count). The fourth-order valence-corrected chi connectivity index (χ4v) is 1.84. The first kappa shape index (κ1) is 14.8. The zero-order valence-electron chi connectivity index (χ0n) is 12.0. The molecule has 100 valence electrons. The monoisotopic (exact) mass is 247 g/mol. The van der Waals surface area contributed by atoms with E-state index in [9.17, 15) is 0 Å². The minimum absolute atomic E-state index is 0.159. The van der Waals surface area contributed by atoms with Crippen molar-refractivity contribution in [1.29, 1.82) is 0 Å². The van der Waals surface area contributed by atoms with E-state index in [2.05, 4.69) is 57.8 Å². The topological polar surface area (TPSA) is 21.3 Å². The standard InChI is InChI=1S/C16H25NO/c1-6-7-17-11-14(5)18-16-9-13(4)8-15(10-16)12(2)3/h6,8-10,12,14,17H,1,7,11H2,2-5H3. The van der Waals surface area contributed by atoms with Crippen molar-refractivity contribution in [3.8, 4) is 5.75 Å². The lowest BCUT2D eigenvalue weighted by molar-refractivity contribution is 0.218. The predicted octanol–water partition coefficient (Wildman–Crippen LogP) is 3.66. The molecule has 0 radical (unpaired) electrons. The van der Waals surface area contributed by atoms with Gasteiger partial charge in [-0.2, -0.15) is 0 Å². The summed E-state index contributed by atoms with van der Waals surface area (Å²) >= 11 is 0. The summed E-state index contributed by atoms with van der Waals surface area (Å²) in [5.74, 6) is 1.49. The van der Waals surface area contributed by atoms with Crippen molar-refractivity contribution in [1.82, 2.24) is 5.32 Å². The summed E-state index contributed by atoms with van der Waals surface area (Å²) in [6.07, 6.45) is 2.02. The Morgan fingerprint density at radius 3 is 2.61 bits per heavy atom. The van der Waals surface area contributed by atoms with E-state index in [0.29, 0.717) is 5.92 Å². The number of nitrogens with one attached hydrogen (secondary N) is 1. The van der Waals surface area contributed by atoms with Gasteiger partial charge in [-0.15, -0.1) is 6.58 Å². The largest absolute Gasteiger partial charge is 0.489 e. The molecule has 1 aromatic carbocycles. The van der Waals surface area contributed by atoms with Gasteiger partial charge >= 0.3 is 0 Å². The van der Waals surface area contributed by atoms with Crippen LogP contribution >= 0.6 is 0 Å². The Labute approximate surface area is 111 Å². The van der Waals surface area contributed by atoms with E-state index in [1.54, 1.807) is 0 Å². The Morgan fingerprint density at radius 1 is 1.28 bits per heavy atom. The first-order valence-electron chi connectivity index (χ1n) is 6.62. The maximum atomic E-state index is 5.94. The minimum atomic E-state index is 0.159. The zero-order chi connectivity index (χ0) is 13.5. The summed E-state index contributed by atoms with van der Waals surface area (Å²) < 4.78 is 5.94. The molecule has 0 aliphatic heterocycles. The van der Waals surface area contributed by atoms with Crippen LogP contribution in [0.15, 0.2) is 30.9 Å². The second kappa shape index (κ2) is 7.22. The highest BCUT2D eigenvalue weighted by molar-refractivity contribution is 5.35. The van der Waals surface area contributed by atoms with Gasteiger partial charge in [0.2, 0.25) is 0 Å². The molecule has 0 aliphatic carbocycles. The molecule has 0 heterocycles. The van der Waals surface area contributed by atoms with E-state index in [0.717, 1.165) is 18.8 Å². The molecule has 2 heteroatoms. The second-order valence-electron chi connectivity index (χ2n) is 5.11. The molecule has 1 unspecified atom stereocenters. The molecule has 1 atom stereocenters. The molecule has 2 nitrogen and oxygen atoms in total. The number of hydrogen-bond donors (Lipinski definition) is 1. The molecule has 0 saturated heterocycles. The van der Waals surface area contributed by atoms with Crippen LogP contribution in [0.5, 0.6) is 5.75 Å². The lowest BCUT2D eigenvalue weighted by Crippen LogP contribution is -2.29. The third kappa shape index (κ3) is 4.92. The lowest BCUT2D eigenvalue weighted by atomic mass is 10.0. The molecular formula is C16H25NO. The van der Waals surface area contributed by atoms with Gasteiger partial charge in [-0.25, -0.2) is 0 Å². The summed E-state index contributed by atoms with van der Waals surface area (Å²) in [7, 11) is 0. The highest BCUT2D eigenvalue weighted by atomic mass is 16.5. The molecule has 0 saturated carbocycles. The smallest absolute Gasteiger partial charge is 0.120 e. The molecule has 0 spiro atoms. The van der Waals surface area contributed by atoms with Crippen LogP contribution in [0.4, 0.5) is 0 Å². The number of hydrogen-bond acceptors (Lipinski definition) is 2. The normalized spacial score (nSPS) is 12.5. The maximum absolute atomic E-state index is 5.94. The Bertz CT molecular complexity index is 385. The van der Waals surface area contributed by atoms with E-state index in [1.165, 1.54) is 11.1 Å². The summed E-state index contributed by atoms with van der Waals surface area (Å²) in [6, 6.07) is 6.45. The van der Waals surface area contributed by atoms with E-state index < -0.39 is 0 Å². The molecule has 1 aromatic rings. The van der Waals surface area contributed by atoms with E-state index in [1.807, 2.05) is 6.08 Å². The van der Waals surface area contributed by atoms with Crippen LogP contribution in [-0.2, 0) is 0 Å². The van der Waals surface area contributed by atoms with Crippen LogP contribution < -0.4 is 10.1 Å². The van der Waals surface area contributed by atoms with Crippen molar-refractivity contribution < 1.29 is 4.74 Å². The number of benzene rings is 1. The van der Waals surface area contributed by atoms with Crippen molar-refractivity contribution in [2.45, 2.75) is 39.7 Å². The molecule has 0 aliphatic rings. The zero-order valence-corrected chi connectivity index (χ0v) is 12.0. The number of ether oxygens (including phenoxy) is 1. The minimum Gasteiger partial charge on any atom is -0.489 e. The quantitative estimate of drug-likeness (QED) is 0.586. The number of aryl methyl sites for hydroxylation is 1. The van der Waals surface area contributed by atoms with Gasteiger partial charge in [0.15, 0.2) is 0 Å². The SMILES string of the molecule is C=CCNCC(C)Oc1cc(C)cc(C(C)C)c1. The van der Waals surface area contributed by atoms with E-state index in [-0.39, 0.29) is 6.10 Å². The predicted molar refractivity (Wildman–Crippen MR) is 78.4 cm³/mol. The second-order valence-corrected chi connectivity index (χ2v) is 5.11. The van der Waals surface area contributed by atoms with Crippen LogP contribution in [0.3, 0.4) is 0 Å². The van der Waals surface area contributed by atoms with Crippen molar-refractivity contribution >= 4 is 0 Å². The lowest BCUT2D eigenvalue weighted by Gasteiger charge is -2.17. The Balaban J connectivity index is 2.63. The first-order chi connectivity index (χ1) is 8.52. The van der Waals surface area contributed by atoms with Crippen LogP contribution in [-0.4, -0.2) is 19.2 Å². The van der Waals surface area contributed by atoms with Crippen LogP contribution in [0, 0.1) is 6.92 Å². The summed E-state index contributed by atoms with van der Waals surface area (Å²) in [6.45, 7) is 13.9. The highest BCUT2D eigenvalue weighted by Gasteiger charge is 2.07. The third-order valence-electron chi connectivity index (χ3n) is 2.80. The van der Waals surface area contributed by atoms with Crippen LogP contribution in [0.1, 0.15) is 37.8 Å². The molecular weight excluding hydrogens is 222 g/mol. The number of rotatable bonds is 7. The highest BCUT2D eigenvalue weighted by Crippen LogP contribution is 2.23. The molecule has 1 N–H and O–H groups in total. The van der Waals surface area contributed by atoms with E-state index in [4.69, 9.17) is 4.74 Å². The van der Waals surface area contributed by atoms with Gasteiger partial charge in [0, 0.05) is 13.1 Å². The van der Waals surface area contributed by atoms with Crippen molar-refractivity contribution in [2.75, 3.05) is 13.1 Å². The summed E-state index contributed by atoms with van der Waals surface area (Å²) in [5, 5.41) is 3.26. The first-order valence-corrected chi connectivity index (χ1v) is 6.62. The Morgan fingerprint density at radius 2 is 2.00 bits per heavy atom. The van der Waals surface area contributed by atoms with Gasteiger partial charge in [0.25, 0.3) is 0 Å². The van der Waals surface area contributed by atoms with Gasteiger partial charge in [-0.1, -0.05) is 26.0 Å². The third-order valence-corrected chi connectivity index (χ3v) is 2.80. The van der Waals surface area contributed by atoms with Crippen molar-refractivity contribution in [3.63, 3.8) is 0 Å². The van der Waals surface area contributed by atoms with Crippen LogP contribution in [0.2, 0.25) is 0 Å². The van der Waals surface area contributed by atoms with Gasteiger partial charge in [-0.3, -0.25) is 0 Å². The van der Waals surface area contributed by atoms with Crippen molar-refractivity contribution in [2.24, 2.45) is 0 Å². The molecule has 0 fully saturated rings. The molecule has 0 amide bonds. The average Bonchev–Trinajstić information content (AvgIpc) is 2.28. The van der Waals surface area contributed by atoms with Crippen molar-refractivity contribution in [3.05, 3.63) is 42.0 Å². The molecule has 18 heavy (non-hydrogen) atoms. The van der Waals surface area contributed by atoms with Gasteiger partial charge in [0.05, 0.1) is 0 Å². The van der Waals surface area contributed by atoms with Gasteiger partial charge < -0.3 is 10.1 Å². The molecule has 0 bridgehead atoms.